The Morgan fingerprint density at radius 1 is 1.30 bits per heavy atom. The number of anilines is 1. The van der Waals surface area contributed by atoms with Crippen LogP contribution in [0.1, 0.15) is 45.2 Å². The van der Waals surface area contributed by atoms with Gasteiger partial charge in [-0.05, 0) is 38.0 Å². The number of benzene rings is 1. The van der Waals surface area contributed by atoms with E-state index in [1.54, 1.807) is 11.8 Å². The minimum atomic E-state index is -0.318. The first kappa shape index (κ1) is 19.5. The number of fused-ring (bicyclic) bond motifs is 1. The second-order valence-corrected chi connectivity index (χ2v) is 7.50. The van der Waals surface area contributed by atoms with Crippen LogP contribution < -0.4 is 5.32 Å². The second-order valence-electron chi connectivity index (χ2n) is 6.44. The van der Waals surface area contributed by atoms with Gasteiger partial charge in [-0.2, -0.15) is 0 Å². The number of nitrogens with one attached hydrogen (secondary N) is 1. The molecule has 0 aliphatic carbocycles. The Labute approximate surface area is 164 Å². The van der Waals surface area contributed by atoms with Crippen LogP contribution in [-0.2, 0) is 14.3 Å². The van der Waals surface area contributed by atoms with Crippen molar-refractivity contribution in [2.45, 2.75) is 39.7 Å². The number of thioether (sulfide) groups is 1. The lowest BCUT2D eigenvalue weighted by atomic mass is 9.94. The van der Waals surface area contributed by atoms with Gasteiger partial charge in [0.05, 0.1) is 23.9 Å². The Morgan fingerprint density at radius 2 is 2.04 bits per heavy atom. The molecular weight excluding hydrogens is 362 g/mol. The molecular formula is C20H25N3O3S. The van der Waals surface area contributed by atoms with Gasteiger partial charge in [0, 0.05) is 24.4 Å². The summed E-state index contributed by atoms with van der Waals surface area (Å²) < 4.78 is 5.32. The van der Waals surface area contributed by atoms with Crippen LogP contribution in [0.5, 0.6) is 0 Å². The number of esters is 1. The summed E-state index contributed by atoms with van der Waals surface area (Å²) in [5.41, 5.74) is 3.04. The highest BCUT2D eigenvalue weighted by Crippen LogP contribution is 2.40. The molecule has 0 bridgehead atoms. The summed E-state index contributed by atoms with van der Waals surface area (Å²) in [4.78, 5) is 31.1. The van der Waals surface area contributed by atoms with Crippen molar-refractivity contribution < 1.29 is 14.3 Å². The van der Waals surface area contributed by atoms with Gasteiger partial charge in [0.1, 0.15) is 0 Å². The third-order valence-corrected chi connectivity index (χ3v) is 5.66. The van der Waals surface area contributed by atoms with E-state index < -0.39 is 0 Å². The normalized spacial score (nSPS) is 19.3. The molecule has 1 saturated heterocycles. The van der Waals surface area contributed by atoms with Crippen LogP contribution in [0.4, 0.5) is 5.69 Å². The number of allylic oxidation sites excluding steroid dienone is 1. The predicted octanol–water partition coefficient (Wildman–Crippen LogP) is 3.72. The van der Waals surface area contributed by atoms with Crippen molar-refractivity contribution in [2.75, 3.05) is 24.2 Å². The summed E-state index contributed by atoms with van der Waals surface area (Å²) in [7, 11) is 0. The lowest BCUT2D eigenvalue weighted by molar-refractivity contribution is -0.139. The number of carbonyl (C=O) groups excluding carboxylic acids is 2. The number of hydrogen-bond donors (Lipinski definition) is 1. The molecule has 2 heterocycles. The zero-order valence-electron chi connectivity index (χ0n) is 15.9. The fourth-order valence-electron chi connectivity index (χ4n) is 3.28. The quantitative estimate of drug-likeness (QED) is 0.780. The van der Waals surface area contributed by atoms with E-state index in [0.717, 1.165) is 35.1 Å². The van der Waals surface area contributed by atoms with Gasteiger partial charge in [-0.3, -0.25) is 4.79 Å². The summed E-state index contributed by atoms with van der Waals surface area (Å²) >= 11 is 1.72. The fraction of sp³-hybridized carbons (Fsp3) is 0.450. The molecule has 27 heavy (non-hydrogen) atoms. The average Bonchev–Trinajstić information content (AvgIpc) is 2.67. The summed E-state index contributed by atoms with van der Waals surface area (Å²) in [6, 6.07) is 7.46. The number of carbonyl (C=O) groups is 2. The summed E-state index contributed by atoms with van der Waals surface area (Å²) in [5.74, 6) is 0.693. The number of amidine groups is 1. The van der Waals surface area contributed by atoms with Crippen molar-refractivity contribution in [2.24, 2.45) is 4.99 Å². The number of amides is 1. The van der Waals surface area contributed by atoms with Crippen LogP contribution in [0, 0.1) is 0 Å². The monoisotopic (exact) mass is 387 g/mol. The largest absolute Gasteiger partial charge is 0.463 e. The lowest BCUT2D eigenvalue weighted by Gasteiger charge is -2.40. The molecule has 2 aliphatic heterocycles. The van der Waals surface area contributed by atoms with E-state index in [9.17, 15) is 9.59 Å². The third-order valence-electron chi connectivity index (χ3n) is 4.59. The SMILES string of the molecule is CCOC(=O)C1=C(C)N=C2SCCCN2C1c1ccc(NC(=O)CC)cc1. The minimum absolute atomic E-state index is 0.0229. The van der Waals surface area contributed by atoms with Crippen molar-refractivity contribution in [1.29, 1.82) is 0 Å². The highest BCUT2D eigenvalue weighted by atomic mass is 32.2. The molecule has 0 spiro atoms. The van der Waals surface area contributed by atoms with E-state index in [1.807, 2.05) is 45.0 Å². The summed E-state index contributed by atoms with van der Waals surface area (Å²) in [5, 5.41) is 3.82. The zero-order valence-corrected chi connectivity index (χ0v) is 16.8. The van der Waals surface area contributed by atoms with Crippen LogP contribution >= 0.6 is 11.8 Å². The van der Waals surface area contributed by atoms with E-state index in [-0.39, 0.29) is 17.9 Å². The molecule has 2 aliphatic rings. The molecule has 1 atom stereocenters. The Kier molecular flexibility index (Phi) is 6.21. The van der Waals surface area contributed by atoms with E-state index in [2.05, 4.69) is 15.2 Å². The first-order chi connectivity index (χ1) is 13.0. The maximum atomic E-state index is 12.7. The molecule has 0 aromatic heterocycles. The summed E-state index contributed by atoms with van der Waals surface area (Å²) in [6.45, 7) is 6.67. The van der Waals surface area contributed by atoms with Crippen LogP contribution in [0.15, 0.2) is 40.5 Å². The number of nitrogens with zero attached hydrogens (tertiary/aromatic N) is 2. The van der Waals surface area contributed by atoms with Gasteiger partial charge in [-0.15, -0.1) is 0 Å². The topological polar surface area (TPSA) is 71.0 Å². The number of aliphatic imine (C=N–C) groups is 1. The Bertz CT molecular complexity index is 786. The minimum Gasteiger partial charge on any atom is -0.463 e. The van der Waals surface area contributed by atoms with E-state index >= 15 is 0 Å². The second kappa shape index (κ2) is 8.61. The van der Waals surface area contributed by atoms with Gasteiger partial charge < -0.3 is 15.0 Å². The fourth-order valence-corrected chi connectivity index (χ4v) is 4.30. The van der Waals surface area contributed by atoms with Gasteiger partial charge >= 0.3 is 5.97 Å². The molecule has 0 saturated carbocycles. The maximum absolute atomic E-state index is 12.7. The van der Waals surface area contributed by atoms with Gasteiger partial charge in [0.15, 0.2) is 5.17 Å². The molecule has 6 nitrogen and oxygen atoms in total. The standard InChI is InChI=1S/C20H25N3O3S/c1-4-16(24)22-15-9-7-14(8-10-15)18-17(19(25)26-5-2)13(3)21-20-23(18)11-6-12-27-20/h7-10,18H,4-6,11-12H2,1-3H3,(H,22,24). The number of rotatable bonds is 5. The smallest absolute Gasteiger partial charge is 0.338 e. The van der Waals surface area contributed by atoms with Crippen LogP contribution in [-0.4, -0.2) is 40.8 Å². The van der Waals surface area contributed by atoms with E-state index in [4.69, 9.17) is 4.74 Å². The van der Waals surface area contributed by atoms with Crippen molar-refractivity contribution in [3.05, 3.63) is 41.1 Å². The highest BCUT2D eigenvalue weighted by molar-refractivity contribution is 8.13. The van der Waals surface area contributed by atoms with Crippen LogP contribution in [0.3, 0.4) is 0 Å². The van der Waals surface area contributed by atoms with Crippen molar-refractivity contribution >= 4 is 34.5 Å². The third kappa shape index (κ3) is 4.18. The van der Waals surface area contributed by atoms with Gasteiger partial charge in [0.2, 0.25) is 5.91 Å². The van der Waals surface area contributed by atoms with Crippen LogP contribution in [0.2, 0.25) is 0 Å². The van der Waals surface area contributed by atoms with E-state index in [0.29, 0.717) is 24.3 Å². The zero-order chi connectivity index (χ0) is 19.4. The van der Waals surface area contributed by atoms with Crippen molar-refractivity contribution in [3.63, 3.8) is 0 Å². The molecule has 1 amide bonds. The molecule has 3 rings (SSSR count). The summed E-state index contributed by atoms with van der Waals surface area (Å²) in [6.07, 6.45) is 1.48. The van der Waals surface area contributed by atoms with Crippen molar-refractivity contribution in [3.8, 4) is 0 Å². The molecule has 7 heteroatoms. The molecule has 1 N–H and O–H groups in total. The molecule has 1 unspecified atom stereocenters. The molecule has 0 radical (unpaired) electrons. The molecule has 1 fully saturated rings. The molecule has 1 aromatic rings. The molecule has 144 valence electrons. The van der Waals surface area contributed by atoms with Crippen molar-refractivity contribution in [1.82, 2.24) is 4.90 Å². The van der Waals surface area contributed by atoms with Crippen LogP contribution in [0.25, 0.3) is 0 Å². The van der Waals surface area contributed by atoms with Gasteiger partial charge in [-0.25, -0.2) is 9.79 Å². The number of hydrogen-bond acceptors (Lipinski definition) is 6. The van der Waals surface area contributed by atoms with Gasteiger partial charge in [-0.1, -0.05) is 30.8 Å². The molecule has 1 aromatic carbocycles. The first-order valence-electron chi connectivity index (χ1n) is 9.31. The lowest BCUT2D eigenvalue weighted by Crippen LogP contribution is -2.42. The van der Waals surface area contributed by atoms with Gasteiger partial charge in [0.25, 0.3) is 0 Å². The first-order valence-corrected chi connectivity index (χ1v) is 10.3. The Morgan fingerprint density at radius 3 is 2.70 bits per heavy atom. The predicted molar refractivity (Wildman–Crippen MR) is 109 cm³/mol. The average molecular weight is 388 g/mol. The van der Waals surface area contributed by atoms with E-state index in [1.165, 1.54) is 0 Å². The Balaban J connectivity index is 1.97. The number of ether oxygens (including phenoxy) is 1. The Hall–Kier alpha value is -2.28. The maximum Gasteiger partial charge on any atom is 0.338 e. The highest BCUT2D eigenvalue weighted by Gasteiger charge is 2.37.